The summed E-state index contributed by atoms with van der Waals surface area (Å²) in [5.41, 5.74) is -0.891. The highest BCUT2D eigenvalue weighted by molar-refractivity contribution is 5.78. The molecule has 120 valence electrons. The predicted octanol–water partition coefficient (Wildman–Crippen LogP) is 3.59. The van der Waals surface area contributed by atoms with Crippen molar-refractivity contribution in [3.8, 4) is 0 Å². The molecule has 0 aromatic carbocycles. The molecule has 0 aliphatic heterocycles. The number of aliphatic carboxylic acids is 1. The molecule has 0 spiro atoms. The van der Waals surface area contributed by atoms with Gasteiger partial charge < -0.3 is 15.2 Å². The number of hydrogen-bond donors (Lipinski definition) is 2. The summed E-state index contributed by atoms with van der Waals surface area (Å²) in [4.78, 5) is 11.4. The van der Waals surface area contributed by atoms with Crippen molar-refractivity contribution in [1.82, 2.24) is 5.32 Å². The highest BCUT2D eigenvalue weighted by atomic mass is 16.5. The average molecular weight is 287 g/mol. The van der Waals surface area contributed by atoms with Crippen molar-refractivity contribution in [2.75, 3.05) is 13.2 Å². The third kappa shape index (κ3) is 8.54. The summed E-state index contributed by atoms with van der Waals surface area (Å²) in [6.45, 7) is 9.38. The fourth-order valence-corrected chi connectivity index (χ4v) is 2.26. The molecule has 2 unspecified atom stereocenters. The van der Waals surface area contributed by atoms with Gasteiger partial charge in [-0.25, -0.2) is 0 Å². The van der Waals surface area contributed by atoms with Crippen molar-refractivity contribution in [2.24, 2.45) is 0 Å². The topological polar surface area (TPSA) is 58.6 Å². The SMILES string of the molecule is CCCCCCCOC(C)CC(C)(NCCC)C(=O)O. The smallest absolute Gasteiger partial charge is 0.323 e. The molecular formula is C16H33NO3. The Labute approximate surface area is 124 Å². The van der Waals surface area contributed by atoms with Crippen molar-refractivity contribution in [3.63, 3.8) is 0 Å². The Balaban J connectivity index is 3.95. The first-order valence-electron chi connectivity index (χ1n) is 8.06. The van der Waals surface area contributed by atoms with Crippen LogP contribution in [0.2, 0.25) is 0 Å². The maximum Gasteiger partial charge on any atom is 0.323 e. The van der Waals surface area contributed by atoms with Crippen molar-refractivity contribution >= 4 is 5.97 Å². The molecule has 0 aliphatic carbocycles. The van der Waals surface area contributed by atoms with Crippen LogP contribution in [-0.2, 0) is 9.53 Å². The van der Waals surface area contributed by atoms with E-state index in [1.807, 2.05) is 13.8 Å². The Bertz CT molecular complexity index is 258. The summed E-state index contributed by atoms with van der Waals surface area (Å²) in [7, 11) is 0. The zero-order valence-corrected chi connectivity index (χ0v) is 13.7. The number of unbranched alkanes of at least 4 members (excludes halogenated alkanes) is 4. The molecule has 0 radical (unpaired) electrons. The quantitative estimate of drug-likeness (QED) is 0.508. The summed E-state index contributed by atoms with van der Waals surface area (Å²) in [6.07, 6.45) is 7.45. The van der Waals surface area contributed by atoms with Crippen LogP contribution in [-0.4, -0.2) is 35.9 Å². The minimum Gasteiger partial charge on any atom is -0.480 e. The lowest BCUT2D eigenvalue weighted by Gasteiger charge is -2.29. The van der Waals surface area contributed by atoms with Crippen LogP contribution in [0.5, 0.6) is 0 Å². The van der Waals surface area contributed by atoms with Gasteiger partial charge in [0.05, 0.1) is 6.10 Å². The Morgan fingerprint density at radius 1 is 1.20 bits per heavy atom. The van der Waals surface area contributed by atoms with Crippen LogP contribution >= 0.6 is 0 Å². The standard InChI is InChI=1S/C16H33NO3/c1-5-7-8-9-10-12-20-14(3)13-16(4,15(18)19)17-11-6-2/h14,17H,5-13H2,1-4H3,(H,18,19). The van der Waals surface area contributed by atoms with E-state index >= 15 is 0 Å². The highest BCUT2D eigenvalue weighted by Gasteiger charge is 2.34. The van der Waals surface area contributed by atoms with Crippen LogP contribution < -0.4 is 5.32 Å². The largest absolute Gasteiger partial charge is 0.480 e. The number of carbonyl (C=O) groups is 1. The molecule has 2 atom stereocenters. The number of hydrogen-bond acceptors (Lipinski definition) is 3. The van der Waals surface area contributed by atoms with Gasteiger partial charge in [-0.2, -0.15) is 0 Å². The molecule has 0 saturated heterocycles. The van der Waals surface area contributed by atoms with Gasteiger partial charge >= 0.3 is 5.97 Å². The molecule has 0 heterocycles. The zero-order chi connectivity index (χ0) is 15.4. The van der Waals surface area contributed by atoms with E-state index in [1.54, 1.807) is 6.92 Å². The van der Waals surface area contributed by atoms with E-state index in [1.165, 1.54) is 25.7 Å². The van der Waals surface area contributed by atoms with Gasteiger partial charge in [-0.1, -0.05) is 39.5 Å². The average Bonchev–Trinajstić information content (AvgIpc) is 2.40. The molecule has 0 aliphatic rings. The van der Waals surface area contributed by atoms with Crippen LogP contribution in [0.1, 0.15) is 72.6 Å². The monoisotopic (exact) mass is 287 g/mol. The molecule has 0 saturated carbocycles. The number of nitrogens with one attached hydrogen (secondary N) is 1. The van der Waals surface area contributed by atoms with Gasteiger partial charge in [-0.3, -0.25) is 4.79 Å². The van der Waals surface area contributed by atoms with Gasteiger partial charge in [0.2, 0.25) is 0 Å². The minimum absolute atomic E-state index is 0.0355. The second-order valence-corrected chi connectivity index (χ2v) is 5.86. The van der Waals surface area contributed by atoms with Crippen LogP contribution in [0.25, 0.3) is 0 Å². The molecule has 0 fully saturated rings. The Morgan fingerprint density at radius 3 is 2.40 bits per heavy atom. The summed E-state index contributed by atoms with van der Waals surface area (Å²) in [5, 5.41) is 12.5. The number of ether oxygens (including phenoxy) is 1. The van der Waals surface area contributed by atoms with Gasteiger partial charge in [0, 0.05) is 13.0 Å². The zero-order valence-electron chi connectivity index (χ0n) is 13.7. The van der Waals surface area contributed by atoms with Gasteiger partial charge in [0.25, 0.3) is 0 Å². The summed E-state index contributed by atoms with van der Waals surface area (Å²) in [6, 6.07) is 0. The molecule has 20 heavy (non-hydrogen) atoms. The number of rotatable bonds is 13. The van der Waals surface area contributed by atoms with Crippen molar-refractivity contribution in [3.05, 3.63) is 0 Å². The molecule has 0 amide bonds. The fraction of sp³-hybridized carbons (Fsp3) is 0.938. The first kappa shape index (κ1) is 19.4. The van der Waals surface area contributed by atoms with Gasteiger partial charge in [-0.15, -0.1) is 0 Å². The molecule has 2 N–H and O–H groups in total. The third-order valence-corrected chi connectivity index (χ3v) is 3.58. The summed E-state index contributed by atoms with van der Waals surface area (Å²) < 4.78 is 5.74. The second-order valence-electron chi connectivity index (χ2n) is 5.86. The number of carboxylic acids is 1. The lowest BCUT2D eigenvalue weighted by atomic mass is 9.94. The highest BCUT2D eigenvalue weighted by Crippen LogP contribution is 2.16. The third-order valence-electron chi connectivity index (χ3n) is 3.58. The van der Waals surface area contributed by atoms with E-state index in [0.717, 1.165) is 19.4 Å². The fourth-order valence-electron chi connectivity index (χ4n) is 2.26. The van der Waals surface area contributed by atoms with E-state index in [9.17, 15) is 9.90 Å². The van der Waals surface area contributed by atoms with Gasteiger partial charge in [0.1, 0.15) is 5.54 Å². The lowest BCUT2D eigenvalue weighted by Crippen LogP contribution is -2.51. The Morgan fingerprint density at radius 2 is 1.85 bits per heavy atom. The van der Waals surface area contributed by atoms with Crippen molar-refractivity contribution in [2.45, 2.75) is 84.3 Å². The van der Waals surface area contributed by atoms with E-state index in [4.69, 9.17) is 4.74 Å². The van der Waals surface area contributed by atoms with Crippen molar-refractivity contribution in [1.29, 1.82) is 0 Å². The molecule has 0 bridgehead atoms. The van der Waals surface area contributed by atoms with Crippen LogP contribution in [0.4, 0.5) is 0 Å². The molecular weight excluding hydrogens is 254 g/mol. The number of carboxylic acid groups (broad SMARTS) is 1. The maximum absolute atomic E-state index is 11.4. The first-order valence-corrected chi connectivity index (χ1v) is 8.06. The summed E-state index contributed by atoms with van der Waals surface area (Å²) >= 11 is 0. The molecule has 4 heteroatoms. The minimum atomic E-state index is -0.891. The Kier molecular flexibility index (Phi) is 10.8. The molecule has 0 aromatic rings. The molecule has 0 aromatic heterocycles. The van der Waals surface area contributed by atoms with Gasteiger partial charge in [-0.05, 0) is 33.2 Å². The van der Waals surface area contributed by atoms with E-state index in [0.29, 0.717) is 13.0 Å². The second kappa shape index (κ2) is 11.1. The van der Waals surface area contributed by atoms with Crippen LogP contribution in [0.3, 0.4) is 0 Å². The summed E-state index contributed by atoms with van der Waals surface area (Å²) in [5.74, 6) is -0.802. The van der Waals surface area contributed by atoms with E-state index in [-0.39, 0.29) is 6.10 Å². The van der Waals surface area contributed by atoms with E-state index in [2.05, 4.69) is 12.2 Å². The van der Waals surface area contributed by atoms with Gasteiger partial charge in [0.15, 0.2) is 0 Å². The van der Waals surface area contributed by atoms with E-state index < -0.39 is 11.5 Å². The Hall–Kier alpha value is -0.610. The predicted molar refractivity (Wildman–Crippen MR) is 83.1 cm³/mol. The van der Waals surface area contributed by atoms with Crippen molar-refractivity contribution < 1.29 is 14.6 Å². The molecule has 0 rings (SSSR count). The van der Waals surface area contributed by atoms with Crippen LogP contribution in [0.15, 0.2) is 0 Å². The molecule has 4 nitrogen and oxygen atoms in total. The first-order chi connectivity index (χ1) is 9.46. The lowest BCUT2D eigenvalue weighted by molar-refractivity contribution is -0.146. The normalized spacial score (nSPS) is 15.8. The maximum atomic E-state index is 11.4. The van der Waals surface area contributed by atoms with Crippen LogP contribution in [0, 0.1) is 0 Å².